The summed E-state index contributed by atoms with van der Waals surface area (Å²) in [5.74, 6) is 0.770. The van der Waals surface area contributed by atoms with Crippen molar-refractivity contribution in [1.82, 2.24) is 19.8 Å². The predicted molar refractivity (Wildman–Crippen MR) is 78.0 cm³/mol. The van der Waals surface area contributed by atoms with Crippen molar-refractivity contribution < 1.29 is 0 Å². The molecule has 0 atom stereocenters. The molecule has 0 bridgehead atoms. The zero-order valence-corrected chi connectivity index (χ0v) is 12.5. The zero-order chi connectivity index (χ0) is 13.6. The predicted octanol–water partition coefficient (Wildman–Crippen LogP) is 3.69. The molecule has 3 rings (SSSR count). The van der Waals surface area contributed by atoms with Crippen LogP contribution in [0.25, 0.3) is 16.3 Å². The minimum absolute atomic E-state index is 0.501. The lowest BCUT2D eigenvalue weighted by atomic mass is 10.2. The van der Waals surface area contributed by atoms with E-state index < -0.39 is 0 Å². The fourth-order valence-corrected chi connectivity index (χ4v) is 3.23. The molecule has 0 amide bonds. The van der Waals surface area contributed by atoms with Crippen molar-refractivity contribution in [3.05, 3.63) is 33.3 Å². The van der Waals surface area contributed by atoms with Gasteiger partial charge in [0.05, 0.1) is 4.88 Å². The summed E-state index contributed by atoms with van der Waals surface area (Å²) < 4.78 is 1.75. The van der Waals surface area contributed by atoms with Crippen LogP contribution in [0.5, 0.6) is 0 Å². The van der Waals surface area contributed by atoms with Crippen LogP contribution in [0.2, 0.25) is 5.15 Å². The van der Waals surface area contributed by atoms with Crippen LogP contribution in [0.4, 0.5) is 0 Å². The number of aromatic nitrogens is 4. The Morgan fingerprint density at radius 2 is 2.05 bits per heavy atom. The molecule has 0 unspecified atom stereocenters. The van der Waals surface area contributed by atoms with Crippen LogP contribution in [0.3, 0.4) is 0 Å². The Labute approximate surface area is 120 Å². The number of rotatable bonds is 2. The van der Waals surface area contributed by atoms with Crippen molar-refractivity contribution in [2.75, 3.05) is 0 Å². The first-order chi connectivity index (χ1) is 9.13. The van der Waals surface area contributed by atoms with E-state index in [0.717, 1.165) is 33.9 Å². The maximum Gasteiger partial charge on any atom is 0.195 e. The second kappa shape index (κ2) is 4.58. The number of aryl methyl sites for hydroxylation is 2. The summed E-state index contributed by atoms with van der Waals surface area (Å²) in [5.41, 5.74) is 4.01. The van der Waals surface area contributed by atoms with E-state index in [0.29, 0.717) is 5.15 Å². The second-order valence-corrected chi connectivity index (χ2v) is 5.70. The SMILES string of the molecule is CCc1ccsc1-c1nnc2c(C)c(C)c(Cl)nn12. The highest BCUT2D eigenvalue weighted by atomic mass is 35.5. The minimum atomic E-state index is 0.501. The van der Waals surface area contributed by atoms with Crippen LogP contribution < -0.4 is 0 Å². The molecule has 0 aliphatic carbocycles. The van der Waals surface area contributed by atoms with Gasteiger partial charge in [0.1, 0.15) is 0 Å². The molecule has 3 heterocycles. The molecule has 4 nitrogen and oxygen atoms in total. The van der Waals surface area contributed by atoms with Crippen LogP contribution >= 0.6 is 22.9 Å². The van der Waals surface area contributed by atoms with Gasteiger partial charge >= 0.3 is 0 Å². The van der Waals surface area contributed by atoms with Crippen molar-refractivity contribution in [3.63, 3.8) is 0 Å². The highest BCUT2D eigenvalue weighted by Gasteiger charge is 2.17. The van der Waals surface area contributed by atoms with E-state index in [2.05, 4.69) is 33.7 Å². The lowest BCUT2D eigenvalue weighted by Crippen LogP contribution is -2.00. The van der Waals surface area contributed by atoms with E-state index in [9.17, 15) is 0 Å². The van der Waals surface area contributed by atoms with Crippen molar-refractivity contribution in [3.8, 4) is 10.7 Å². The van der Waals surface area contributed by atoms with Crippen LogP contribution in [0, 0.1) is 13.8 Å². The summed E-state index contributed by atoms with van der Waals surface area (Å²) in [6.07, 6.45) is 0.965. The van der Waals surface area contributed by atoms with E-state index in [-0.39, 0.29) is 0 Å². The number of thiophene rings is 1. The molecule has 3 aromatic rings. The third-order valence-corrected chi connectivity index (χ3v) is 4.68. The summed E-state index contributed by atoms with van der Waals surface area (Å²) in [4.78, 5) is 1.11. The van der Waals surface area contributed by atoms with Crippen molar-refractivity contribution in [2.45, 2.75) is 27.2 Å². The maximum atomic E-state index is 6.17. The number of halogens is 1. The largest absolute Gasteiger partial charge is 0.195 e. The van der Waals surface area contributed by atoms with Crippen LogP contribution in [-0.4, -0.2) is 19.8 Å². The van der Waals surface area contributed by atoms with Gasteiger partial charge < -0.3 is 0 Å². The minimum Gasteiger partial charge on any atom is -0.190 e. The Balaban J connectivity index is 2.32. The third kappa shape index (κ3) is 1.84. The molecule has 0 saturated carbocycles. The molecular formula is C13H13ClN4S. The average Bonchev–Trinajstić information content (AvgIpc) is 3.01. The van der Waals surface area contributed by atoms with Gasteiger partial charge in [0.15, 0.2) is 16.6 Å². The summed E-state index contributed by atoms with van der Waals surface area (Å²) in [5, 5.41) is 15.5. The van der Waals surface area contributed by atoms with Crippen molar-refractivity contribution in [1.29, 1.82) is 0 Å². The topological polar surface area (TPSA) is 43.1 Å². The lowest BCUT2D eigenvalue weighted by Gasteiger charge is -2.05. The standard InChI is InChI=1S/C13H13ClN4S/c1-4-9-5-6-19-10(9)13-16-15-12-8(3)7(2)11(14)17-18(12)13/h5-6H,4H2,1-3H3. The molecule has 19 heavy (non-hydrogen) atoms. The van der Waals surface area contributed by atoms with E-state index >= 15 is 0 Å². The first kappa shape index (κ1) is 12.6. The molecule has 0 aromatic carbocycles. The van der Waals surface area contributed by atoms with Gasteiger partial charge in [-0.15, -0.1) is 21.5 Å². The molecule has 3 aromatic heterocycles. The molecule has 0 N–H and O–H groups in total. The van der Waals surface area contributed by atoms with Crippen molar-refractivity contribution >= 4 is 28.6 Å². The summed E-state index contributed by atoms with van der Waals surface area (Å²) in [6, 6.07) is 2.11. The van der Waals surface area contributed by atoms with Gasteiger partial charge in [-0.25, -0.2) is 0 Å². The number of hydrogen-bond acceptors (Lipinski definition) is 4. The summed E-state index contributed by atoms with van der Waals surface area (Å²) >= 11 is 7.83. The molecular weight excluding hydrogens is 280 g/mol. The van der Waals surface area contributed by atoms with Crippen LogP contribution in [0.1, 0.15) is 23.6 Å². The summed E-state index contributed by atoms with van der Waals surface area (Å²) in [6.45, 7) is 6.07. The Morgan fingerprint density at radius 3 is 2.79 bits per heavy atom. The zero-order valence-electron chi connectivity index (χ0n) is 10.9. The monoisotopic (exact) mass is 292 g/mol. The Bertz CT molecular complexity index is 759. The molecule has 0 spiro atoms. The van der Waals surface area contributed by atoms with Gasteiger partial charge in [-0.05, 0) is 42.8 Å². The number of nitrogens with zero attached hydrogens (tertiary/aromatic N) is 4. The molecule has 0 fully saturated rings. The summed E-state index contributed by atoms with van der Waals surface area (Å²) in [7, 11) is 0. The lowest BCUT2D eigenvalue weighted by molar-refractivity contribution is 0.919. The Hall–Kier alpha value is -1.46. The normalized spacial score (nSPS) is 11.4. The van der Waals surface area contributed by atoms with E-state index in [1.807, 2.05) is 13.8 Å². The molecule has 0 aliphatic heterocycles. The van der Waals surface area contributed by atoms with Gasteiger partial charge in [-0.3, -0.25) is 0 Å². The number of hydrogen-bond donors (Lipinski definition) is 0. The van der Waals surface area contributed by atoms with Gasteiger partial charge in [-0.2, -0.15) is 9.61 Å². The van der Waals surface area contributed by atoms with Gasteiger partial charge in [0, 0.05) is 5.56 Å². The highest BCUT2D eigenvalue weighted by molar-refractivity contribution is 7.13. The van der Waals surface area contributed by atoms with E-state index in [1.54, 1.807) is 15.9 Å². The van der Waals surface area contributed by atoms with Crippen LogP contribution in [-0.2, 0) is 6.42 Å². The second-order valence-electron chi connectivity index (χ2n) is 4.43. The average molecular weight is 293 g/mol. The first-order valence-electron chi connectivity index (χ1n) is 6.08. The van der Waals surface area contributed by atoms with Gasteiger partial charge in [0.2, 0.25) is 0 Å². The molecule has 0 saturated heterocycles. The fourth-order valence-electron chi connectivity index (χ4n) is 2.05. The highest BCUT2D eigenvalue weighted by Crippen LogP contribution is 2.30. The van der Waals surface area contributed by atoms with Gasteiger partial charge in [-0.1, -0.05) is 18.5 Å². The fraction of sp³-hybridized carbons (Fsp3) is 0.308. The number of fused-ring (bicyclic) bond motifs is 1. The Kier molecular flexibility index (Phi) is 3.03. The van der Waals surface area contributed by atoms with E-state index in [1.165, 1.54) is 5.56 Å². The molecule has 98 valence electrons. The first-order valence-corrected chi connectivity index (χ1v) is 7.34. The quantitative estimate of drug-likeness (QED) is 0.723. The third-order valence-electron chi connectivity index (χ3n) is 3.37. The molecule has 0 radical (unpaired) electrons. The molecule has 0 aliphatic rings. The smallest absolute Gasteiger partial charge is 0.190 e. The van der Waals surface area contributed by atoms with E-state index in [4.69, 9.17) is 11.6 Å². The van der Waals surface area contributed by atoms with Gasteiger partial charge in [0.25, 0.3) is 0 Å². The molecule has 6 heteroatoms. The maximum absolute atomic E-state index is 6.17. The van der Waals surface area contributed by atoms with Crippen LogP contribution in [0.15, 0.2) is 11.4 Å². The van der Waals surface area contributed by atoms with Crippen molar-refractivity contribution in [2.24, 2.45) is 0 Å². The Morgan fingerprint density at radius 1 is 1.26 bits per heavy atom.